The van der Waals surface area contributed by atoms with Crippen LogP contribution < -0.4 is 5.32 Å². The van der Waals surface area contributed by atoms with Crippen molar-refractivity contribution in [3.63, 3.8) is 0 Å². The Labute approximate surface area is 169 Å². The average Bonchev–Trinajstić information content (AvgIpc) is 3.12. The lowest BCUT2D eigenvalue weighted by atomic mass is 10.0. The van der Waals surface area contributed by atoms with E-state index in [-0.39, 0.29) is 23.6 Å². The van der Waals surface area contributed by atoms with Crippen LogP contribution >= 0.6 is 11.8 Å². The van der Waals surface area contributed by atoms with Gasteiger partial charge in [0.1, 0.15) is 18.0 Å². The maximum Gasteiger partial charge on any atom is 0.253 e. The predicted molar refractivity (Wildman–Crippen MR) is 108 cm³/mol. The topological polar surface area (TPSA) is 66.5 Å². The first-order valence-electron chi connectivity index (χ1n) is 9.79. The van der Waals surface area contributed by atoms with Crippen molar-refractivity contribution in [3.05, 3.63) is 47.2 Å². The van der Waals surface area contributed by atoms with Crippen molar-refractivity contribution in [1.29, 1.82) is 0 Å². The van der Waals surface area contributed by atoms with Crippen LogP contribution in [-0.2, 0) is 20.8 Å². The number of β-lactam (4-membered cyclic amide) rings is 1. The number of hydrogen-bond acceptors (Lipinski definition) is 4. The third kappa shape index (κ3) is 3.61. The molecule has 0 spiro atoms. The highest BCUT2D eigenvalue weighted by molar-refractivity contribution is 8.00. The first-order chi connectivity index (χ1) is 13.5. The van der Waals surface area contributed by atoms with Crippen molar-refractivity contribution in [2.75, 3.05) is 32.4 Å². The van der Waals surface area contributed by atoms with Gasteiger partial charge in [-0.1, -0.05) is 30.3 Å². The van der Waals surface area contributed by atoms with Gasteiger partial charge < -0.3 is 9.80 Å². The van der Waals surface area contributed by atoms with Gasteiger partial charge in [-0.15, -0.1) is 11.8 Å². The summed E-state index contributed by atoms with van der Waals surface area (Å²) in [5.74, 6) is 0.395. The third-order valence-electron chi connectivity index (χ3n) is 5.95. The second-order valence-electron chi connectivity index (χ2n) is 8.16. The number of aldehydes is 1. The highest BCUT2D eigenvalue weighted by Gasteiger charge is 2.53. The zero-order valence-electron chi connectivity index (χ0n) is 16.1. The first kappa shape index (κ1) is 19.2. The zero-order chi connectivity index (χ0) is 19.7. The number of amides is 2. The highest BCUT2D eigenvalue weighted by Crippen LogP contribution is 2.40. The Morgan fingerprint density at radius 3 is 2.68 bits per heavy atom. The molecule has 0 aromatic heterocycles. The van der Waals surface area contributed by atoms with E-state index in [0.717, 1.165) is 47.3 Å². The Morgan fingerprint density at radius 1 is 1.29 bits per heavy atom. The molecule has 0 bridgehead atoms. The molecule has 2 amide bonds. The number of fused-ring (bicyclic) bond motifs is 1. The molecule has 2 fully saturated rings. The second-order valence-corrected chi connectivity index (χ2v) is 9.26. The van der Waals surface area contributed by atoms with Crippen molar-refractivity contribution in [3.8, 4) is 0 Å². The van der Waals surface area contributed by atoms with E-state index >= 15 is 0 Å². The van der Waals surface area contributed by atoms with Crippen LogP contribution in [0.4, 0.5) is 0 Å². The van der Waals surface area contributed by atoms with E-state index in [1.807, 2.05) is 30.3 Å². The molecule has 28 heavy (non-hydrogen) atoms. The summed E-state index contributed by atoms with van der Waals surface area (Å²) in [6, 6.07) is 8.93. The molecule has 0 aliphatic carbocycles. The number of likely N-dealkylation sites (N-methyl/N-ethyl adjacent to an activating group) is 1. The Hall–Kier alpha value is -2.12. The van der Waals surface area contributed by atoms with Gasteiger partial charge in [-0.25, -0.2) is 0 Å². The van der Waals surface area contributed by atoms with E-state index in [1.165, 1.54) is 12.8 Å². The van der Waals surface area contributed by atoms with Crippen LogP contribution in [0.25, 0.3) is 0 Å². The van der Waals surface area contributed by atoms with Crippen molar-refractivity contribution >= 4 is 29.9 Å². The minimum atomic E-state index is -0.547. The number of rotatable bonds is 6. The van der Waals surface area contributed by atoms with Crippen LogP contribution in [0.5, 0.6) is 0 Å². The summed E-state index contributed by atoms with van der Waals surface area (Å²) >= 11 is 1.65. The predicted octanol–water partition coefficient (Wildman–Crippen LogP) is 1.32. The molecule has 0 radical (unpaired) electrons. The van der Waals surface area contributed by atoms with Crippen molar-refractivity contribution in [2.24, 2.45) is 0 Å². The number of carbonyl (C=O) groups is 3. The van der Waals surface area contributed by atoms with Gasteiger partial charge in [0.2, 0.25) is 5.91 Å². The fourth-order valence-electron chi connectivity index (χ4n) is 4.44. The van der Waals surface area contributed by atoms with Crippen molar-refractivity contribution < 1.29 is 18.9 Å². The molecule has 3 aliphatic rings. The minimum absolute atomic E-state index is 0.164. The van der Waals surface area contributed by atoms with Gasteiger partial charge in [0.25, 0.3) is 5.91 Å². The average molecular weight is 401 g/mol. The number of carbonyl (C=O) groups excluding carboxylic acids is 3. The highest BCUT2D eigenvalue weighted by atomic mass is 32.2. The number of nitrogens with one attached hydrogen (secondary N) is 1. The number of quaternary nitrogens is 1. The van der Waals surface area contributed by atoms with Gasteiger partial charge in [-0.3, -0.25) is 19.3 Å². The molecule has 1 N–H and O–H groups in total. The number of nitrogens with zero attached hydrogens (tertiary/aromatic N) is 2. The number of benzene rings is 1. The molecule has 148 valence electrons. The summed E-state index contributed by atoms with van der Waals surface area (Å²) < 4.78 is 0.942. The fraction of sp³-hybridized carbons (Fsp3) is 0.476. The van der Waals surface area contributed by atoms with E-state index in [9.17, 15) is 14.4 Å². The van der Waals surface area contributed by atoms with Crippen LogP contribution in [0.3, 0.4) is 0 Å². The Bertz CT molecular complexity index is 817. The van der Waals surface area contributed by atoms with Gasteiger partial charge in [-0.2, -0.15) is 0 Å². The lowest BCUT2D eigenvalue weighted by Crippen LogP contribution is -2.70. The largest absolute Gasteiger partial charge is 0.341 e. The molecule has 3 heterocycles. The van der Waals surface area contributed by atoms with Crippen LogP contribution in [-0.4, -0.2) is 71.3 Å². The van der Waals surface area contributed by atoms with E-state index < -0.39 is 6.04 Å². The molecule has 2 saturated heterocycles. The summed E-state index contributed by atoms with van der Waals surface area (Å²) in [6.45, 7) is 3.06. The van der Waals surface area contributed by atoms with Gasteiger partial charge >= 0.3 is 0 Å². The molecular formula is C21H26N3O3S+. The molecule has 4 rings (SSSR count). The minimum Gasteiger partial charge on any atom is -0.341 e. The maximum absolute atomic E-state index is 12.7. The van der Waals surface area contributed by atoms with Crippen LogP contribution in [0.1, 0.15) is 18.4 Å². The van der Waals surface area contributed by atoms with E-state index in [1.54, 1.807) is 16.7 Å². The Morgan fingerprint density at radius 2 is 2.00 bits per heavy atom. The second kappa shape index (κ2) is 7.72. The Kier molecular flexibility index (Phi) is 5.29. The number of thioether (sulfide) groups is 1. The summed E-state index contributed by atoms with van der Waals surface area (Å²) in [7, 11) is 2.23. The smallest absolute Gasteiger partial charge is 0.253 e. The summed E-state index contributed by atoms with van der Waals surface area (Å²) in [4.78, 5) is 38.5. The lowest BCUT2D eigenvalue weighted by molar-refractivity contribution is -0.893. The summed E-state index contributed by atoms with van der Waals surface area (Å²) in [5.41, 5.74) is 2.50. The number of hydrogen-bond donors (Lipinski definition) is 1. The molecule has 0 unspecified atom stereocenters. The van der Waals surface area contributed by atoms with Gasteiger partial charge in [-0.05, 0) is 5.56 Å². The molecule has 2 atom stereocenters. The van der Waals surface area contributed by atoms with Crippen LogP contribution in [0.2, 0.25) is 0 Å². The molecule has 3 aliphatic heterocycles. The molecular weight excluding hydrogens is 374 g/mol. The molecule has 6 nitrogen and oxygen atoms in total. The molecule has 1 aromatic carbocycles. The van der Waals surface area contributed by atoms with Crippen molar-refractivity contribution in [1.82, 2.24) is 10.2 Å². The first-order valence-corrected chi connectivity index (χ1v) is 10.8. The quantitative estimate of drug-likeness (QED) is 0.444. The number of likely N-dealkylation sites (tertiary alicyclic amines) is 1. The molecule has 0 saturated carbocycles. The normalized spacial score (nSPS) is 25.9. The standard InChI is InChI=1S/C21H25N3O3S/c1-24(9-5-6-10-24)12-16-14-28-21-19(20(27)23(21)17(16)13-25)22-18(26)11-15-7-3-2-4-8-15/h2-4,7-8,13,19,21H,5-6,9-12,14H2,1H3/p+1/t19-,21-/m1/s1. The number of allylic oxidation sites excluding steroid dienone is 1. The lowest BCUT2D eigenvalue weighted by Gasteiger charge is -2.49. The van der Waals surface area contributed by atoms with Gasteiger partial charge in [0.15, 0.2) is 6.29 Å². The van der Waals surface area contributed by atoms with Crippen LogP contribution in [0.15, 0.2) is 41.6 Å². The van der Waals surface area contributed by atoms with E-state index in [0.29, 0.717) is 5.70 Å². The summed E-state index contributed by atoms with van der Waals surface area (Å²) in [6.07, 6.45) is 3.51. The van der Waals surface area contributed by atoms with Crippen LogP contribution in [0, 0.1) is 0 Å². The van der Waals surface area contributed by atoms with Gasteiger partial charge in [0, 0.05) is 24.2 Å². The summed E-state index contributed by atoms with van der Waals surface area (Å²) in [5, 5.41) is 2.68. The zero-order valence-corrected chi connectivity index (χ0v) is 16.9. The van der Waals surface area contributed by atoms with Crippen molar-refractivity contribution in [2.45, 2.75) is 30.7 Å². The van der Waals surface area contributed by atoms with E-state index in [4.69, 9.17) is 0 Å². The SMILES string of the molecule is C[N+]1(CC2=C(C=O)N3C(=O)[C@@H](NC(=O)Cc4ccccc4)[C@H]3SC2)CCCC1. The monoisotopic (exact) mass is 400 g/mol. The fourth-order valence-corrected chi connectivity index (χ4v) is 5.80. The molecule has 1 aromatic rings. The van der Waals surface area contributed by atoms with E-state index in [2.05, 4.69) is 12.4 Å². The Balaban J connectivity index is 1.43. The third-order valence-corrected chi connectivity index (χ3v) is 7.29. The van der Waals surface area contributed by atoms with Gasteiger partial charge in [0.05, 0.1) is 32.3 Å². The molecule has 7 heteroatoms. The maximum atomic E-state index is 12.7.